The van der Waals surface area contributed by atoms with Gasteiger partial charge in [0.15, 0.2) is 0 Å². The highest BCUT2D eigenvalue weighted by molar-refractivity contribution is 7.86. The molecule has 0 N–H and O–H groups in total. The second-order valence-electron chi connectivity index (χ2n) is 5.80. The summed E-state index contributed by atoms with van der Waals surface area (Å²) in [5.74, 6) is -0.697. The maximum Gasteiger partial charge on any atom is 0.417 e. The van der Waals surface area contributed by atoms with Gasteiger partial charge in [0, 0.05) is 17.8 Å². The van der Waals surface area contributed by atoms with Crippen LogP contribution in [0.3, 0.4) is 0 Å². The summed E-state index contributed by atoms with van der Waals surface area (Å²) < 4.78 is 67.8. The van der Waals surface area contributed by atoms with E-state index < -0.39 is 33.9 Å². The molecule has 0 fully saturated rings. The van der Waals surface area contributed by atoms with Crippen molar-refractivity contribution in [2.45, 2.75) is 36.9 Å². The van der Waals surface area contributed by atoms with Gasteiger partial charge in [-0.3, -0.25) is 9.17 Å². The van der Waals surface area contributed by atoms with Crippen LogP contribution in [0.15, 0.2) is 60.1 Å². The number of halogens is 3. The van der Waals surface area contributed by atoms with Crippen molar-refractivity contribution in [3.8, 4) is 0 Å². The lowest BCUT2D eigenvalue weighted by atomic mass is 9.99. The summed E-state index contributed by atoms with van der Waals surface area (Å²) >= 11 is 0. The molecule has 26 heavy (non-hydrogen) atoms. The Morgan fingerprint density at radius 1 is 1.15 bits per heavy atom. The quantitative estimate of drug-likeness (QED) is 0.544. The number of hydrogen-bond donors (Lipinski definition) is 0. The second kappa shape index (κ2) is 7.59. The summed E-state index contributed by atoms with van der Waals surface area (Å²) in [4.78, 5) is 3.78. The molecule has 0 amide bonds. The normalized spacial score (nSPS) is 14.7. The summed E-state index contributed by atoms with van der Waals surface area (Å²) in [6, 6.07) is 8.22. The van der Waals surface area contributed by atoms with Crippen LogP contribution < -0.4 is 0 Å². The average molecular weight is 385 g/mol. The number of aromatic nitrogens is 1. The molecule has 2 atom stereocenters. The van der Waals surface area contributed by atoms with E-state index in [0.29, 0.717) is 6.20 Å². The Balaban J connectivity index is 2.21. The number of nitrogens with zero attached hydrogens (tertiary/aromatic N) is 1. The molecule has 0 aliphatic heterocycles. The van der Waals surface area contributed by atoms with Crippen molar-refractivity contribution in [2.75, 3.05) is 0 Å². The van der Waals surface area contributed by atoms with Crippen molar-refractivity contribution in [2.24, 2.45) is 0 Å². The first-order valence-corrected chi connectivity index (χ1v) is 9.11. The number of rotatable bonds is 6. The van der Waals surface area contributed by atoms with E-state index in [1.807, 2.05) is 6.92 Å². The molecule has 1 aromatic heterocycles. The number of aryl methyl sites for hydroxylation is 1. The van der Waals surface area contributed by atoms with Crippen LogP contribution in [-0.2, 0) is 20.5 Å². The van der Waals surface area contributed by atoms with Crippen LogP contribution in [0.5, 0.6) is 0 Å². The fourth-order valence-corrected chi connectivity index (χ4v) is 3.44. The zero-order chi connectivity index (χ0) is 19.5. The van der Waals surface area contributed by atoms with Crippen LogP contribution in [0.25, 0.3) is 0 Å². The largest absolute Gasteiger partial charge is 0.417 e. The summed E-state index contributed by atoms with van der Waals surface area (Å²) in [5.41, 5.74) is 0.249. The first-order valence-electron chi connectivity index (χ1n) is 7.70. The molecule has 0 aliphatic carbocycles. The van der Waals surface area contributed by atoms with Gasteiger partial charge in [0.25, 0.3) is 10.1 Å². The molecule has 2 rings (SSSR count). The smallest absolute Gasteiger partial charge is 0.262 e. The molecular formula is C18H18F3NO3S. The van der Waals surface area contributed by atoms with Crippen LogP contribution >= 0.6 is 0 Å². The molecule has 0 saturated carbocycles. The molecule has 2 unspecified atom stereocenters. The highest BCUT2D eigenvalue weighted by atomic mass is 32.2. The topological polar surface area (TPSA) is 56.3 Å². The molecule has 0 saturated heterocycles. The van der Waals surface area contributed by atoms with Gasteiger partial charge in [-0.05, 0) is 38.1 Å². The molecule has 0 spiro atoms. The predicted octanol–water partition coefficient (Wildman–Crippen LogP) is 4.47. The van der Waals surface area contributed by atoms with Gasteiger partial charge in [-0.2, -0.15) is 21.6 Å². The lowest BCUT2D eigenvalue weighted by Gasteiger charge is -2.21. The minimum absolute atomic E-state index is 0.00172. The Morgan fingerprint density at radius 2 is 1.77 bits per heavy atom. The highest BCUT2D eigenvalue weighted by Gasteiger charge is 2.31. The first-order chi connectivity index (χ1) is 12.0. The number of pyridine rings is 1. The number of alkyl halides is 3. The fraction of sp³-hybridized carbons (Fsp3) is 0.278. The average Bonchev–Trinajstić information content (AvgIpc) is 2.55. The molecule has 4 nitrogen and oxygen atoms in total. The van der Waals surface area contributed by atoms with E-state index in [1.54, 1.807) is 12.1 Å². The van der Waals surface area contributed by atoms with Gasteiger partial charge in [0.1, 0.15) is 0 Å². The molecule has 0 aliphatic rings. The molecular weight excluding hydrogens is 367 g/mol. The molecule has 0 bridgehead atoms. The van der Waals surface area contributed by atoms with Gasteiger partial charge >= 0.3 is 6.18 Å². The Hall–Kier alpha value is -2.19. The third kappa shape index (κ3) is 4.70. The molecule has 8 heteroatoms. The van der Waals surface area contributed by atoms with Gasteiger partial charge in [-0.15, -0.1) is 6.58 Å². The van der Waals surface area contributed by atoms with Crippen LogP contribution in [0.4, 0.5) is 13.2 Å². The summed E-state index contributed by atoms with van der Waals surface area (Å²) in [7, 11) is -4.03. The summed E-state index contributed by atoms with van der Waals surface area (Å²) in [6.45, 7) is 6.93. The van der Waals surface area contributed by atoms with Gasteiger partial charge < -0.3 is 0 Å². The van der Waals surface area contributed by atoms with Crippen molar-refractivity contribution < 1.29 is 25.8 Å². The van der Waals surface area contributed by atoms with Crippen LogP contribution in [-0.4, -0.2) is 19.5 Å². The van der Waals surface area contributed by atoms with E-state index in [9.17, 15) is 21.6 Å². The van der Waals surface area contributed by atoms with Crippen LogP contribution in [0.2, 0.25) is 0 Å². The van der Waals surface area contributed by atoms with E-state index in [0.717, 1.165) is 11.6 Å². The lowest BCUT2D eigenvalue weighted by molar-refractivity contribution is -0.137. The Kier molecular flexibility index (Phi) is 5.87. The van der Waals surface area contributed by atoms with E-state index in [4.69, 9.17) is 4.18 Å². The van der Waals surface area contributed by atoms with Gasteiger partial charge in [0.05, 0.1) is 16.6 Å². The lowest BCUT2D eigenvalue weighted by Crippen LogP contribution is -2.22. The maximum absolute atomic E-state index is 12.6. The second-order valence-corrected chi connectivity index (χ2v) is 7.37. The van der Waals surface area contributed by atoms with E-state index in [-0.39, 0.29) is 10.6 Å². The third-order valence-electron chi connectivity index (χ3n) is 3.80. The number of benzene rings is 1. The Morgan fingerprint density at radius 3 is 2.23 bits per heavy atom. The Labute approximate surface area is 150 Å². The van der Waals surface area contributed by atoms with Gasteiger partial charge in [-0.25, -0.2) is 0 Å². The van der Waals surface area contributed by atoms with Gasteiger partial charge in [0.2, 0.25) is 0 Å². The van der Waals surface area contributed by atoms with Gasteiger partial charge in [-0.1, -0.05) is 23.8 Å². The van der Waals surface area contributed by atoms with E-state index in [2.05, 4.69) is 11.6 Å². The minimum Gasteiger partial charge on any atom is -0.262 e. The molecule has 2 aromatic rings. The molecule has 1 aromatic carbocycles. The maximum atomic E-state index is 12.6. The molecule has 0 radical (unpaired) electrons. The predicted molar refractivity (Wildman–Crippen MR) is 91.1 cm³/mol. The zero-order valence-electron chi connectivity index (χ0n) is 14.2. The van der Waals surface area contributed by atoms with E-state index >= 15 is 0 Å². The molecule has 1 heterocycles. The van der Waals surface area contributed by atoms with Crippen LogP contribution in [0.1, 0.15) is 29.7 Å². The van der Waals surface area contributed by atoms with Crippen molar-refractivity contribution >= 4 is 10.1 Å². The summed E-state index contributed by atoms with van der Waals surface area (Å²) in [5, 5.41) is 0. The van der Waals surface area contributed by atoms with Crippen molar-refractivity contribution in [1.29, 1.82) is 0 Å². The summed E-state index contributed by atoms with van der Waals surface area (Å²) in [6.07, 6.45) is -3.30. The van der Waals surface area contributed by atoms with Crippen LogP contribution in [0, 0.1) is 6.92 Å². The fourth-order valence-electron chi connectivity index (χ4n) is 2.34. The molecule has 140 valence electrons. The minimum atomic E-state index is -4.49. The first kappa shape index (κ1) is 20.1. The van der Waals surface area contributed by atoms with Crippen molar-refractivity contribution in [3.63, 3.8) is 0 Å². The zero-order valence-corrected chi connectivity index (χ0v) is 15.0. The van der Waals surface area contributed by atoms with Crippen molar-refractivity contribution in [3.05, 3.63) is 72.1 Å². The Bertz CT molecular complexity index is 860. The van der Waals surface area contributed by atoms with E-state index in [1.165, 1.54) is 31.2 Å². The highest BCUT2D eigenvalue weighted by Crippen LogP contribution is 2.30. The number of hydrogen-bond acceptors (Lipinski definition) is 4. The third-order valence-corrected chi connectivity index (χ3v) is 5.21. The SMILES string of the molecule is C=CC(c1ccc(C(F)(F)F)cn1)C(C)OS(=O)(=O)c1ccc(C)cc1. The monoisotopic (exact) mass is 385 g/mol. The standard InChI is InChI=1S/C18H18F3NO3S/c1-4-16(17-10-7-14(11-22-17)18(19,20)21)13(3)25-26(23,24)15-8-5-12(2)6-9-15/h4-11,13,16H,1H2,2-3H3. The van der Waals surface area contributed by atoms with Crippen molar-refractivity contribution in [1.82, 2.24) is 4.98 Å².